The molecular weight excluding hydrogens is 584 g/mol. The number of nitrogens with zero attached hydrogens (tertiary/aromatic N) is 4. The van der Waals surface area contributed by atoms with Gasteiger partial charge in [-0.3, -0.25) is 14.8 Å². The van der Waals surface area contributed by atoms with E-state index in [9.17, 15) is 31.1 Å². The van der Waals surface area contributed by atoms with Crippen LogP contribution in [0, 0.1) is 0 Å². The molecule has 5 rings (SSSR count). The molecule has 0 spiro atoms. The Labute approximate surface area is 241 Å². The summed E-state index contributed by atoms with van der Waals surface area (Å²) in [5.74, 6) is -0.600. The van der Waals surface area contributed by atoms with Crippen LogP contribution < -0.4 is 0 Å². The number of carbonyl (C=O) groups excluding carboxylic acids is 1. The number of halogens is 6. The number of rotatable bonds is 7. The van der Waals surface area contributed by atoms with Gasteiger partial charge in [0, 0.05) is 44.7 Å². The smallest absolute Gasteiger partial charge is 0.380 e. The minimum atomic E-state index is -5.04. The minimum absolute atomic E-state index is 0.119. The van der Waals surface area contributed by atoms with E-state index in [1.165, 1.54) is 6.20 Å². The van der Waals surface area contributed by atoms with E-state index in [1.54, 1.807) is 18.2 Å². The van der Waals surface area contributed by atoms with Crippen molar-refractivity contribution in [1.29, 1.82) is 0 Å². The predicted octanol–water partition coefficient (Wildman–Crippen LogP) is 5.84. The molecule has 1 amide bonds. The maximum absolute atomic E-state index is 14.0. The number of aromatic amines is 1. The zero-order valence-electron chi connectivity index (χ0n) is 22.5. The van der Waals surface area contributed by atoms with Gasteiger partial charge in [-0.2, -0.15) is 36.4 Å². The van der Waals surface area contributed by atoms with Crippen LogP contribution in [-0.4, -0.2) is 77.0 Å². The molecule has 3 heterocycles. The molecule has 2 aliphatic rings. The van der Waals surface area contributed by atoms with Gasteiger partial charge < -0.3 is 9.64 Å². The fraction of sp³-hybridized carbons (Fsp3) is 0.393. The van der Waals surface area contributed by atoms with Crippen LogP contribution in [0.1, 0.15) is 29.2 Å². The van der Waals surface area contributed by atoms with Crippen molar-refractivity contribution in [2.24, 2.45) is 4.99 Å². The lowest BCUT2D eigenvalue weighted by Crippen LogP contribution is -2.48. The second kappa shape index (κ2) is 12.1. The quantitative estimate of drug-likeness (QED) is 0.206. The third-order valence-electron chi connectivity index (χ3n) is 7.16. The molecule has 1 saturated heterocycles. The van der Waals surface area contributed by atoms with Crippen LogP contribution in [-0.2, 0) is 28.3 Å². The van der Waals surface area contributed by atoms with Crippen molar-refractivity contribution in [3.63, 3.8) is 0 Å². The van der Waals surface area contributed by atoms with Crippen molar-refractivity contribution in [2.45, 2.75) is 25.7 Å². The van der Waals surface area contributed by atoms with Crippen molar-refractivity contribution in [3.8, 4) is 0 Å². The Morgan fingerprint density at radius 3 is 2.48 bits per heavy atom. The molecule has 1 aromatic heterocycles. The van der Waals surface area contributed by atoms with E-state index in [-0.39, 0.29) is 22.1 Å². The summed E-state index contributed by atoms with van der Waals surface area (Å²) < 4.78 is 87.3. The molecule has 3 aromatic rings. The molecular formula is C28H27F6N5O2S. The fourth-order valence-corrected chi connectivity index (χ4v) is 6.00. The average Bonchev–Trinajstić information content (AvgIpc) is 3.57. The van der Waals surface area contributed by atoms with Crippen LogP contribution in [0.2, 0.25) is 0 Å². The number of hydrogen-bond donors (Lipinski definition) is 1. The Kier molecular flexibility index (Phi) is 8.67. The number of piperazine rings is 1. The predicted molar refractivity (Wildman–Crippen MR) is 148 cm³/mol. The summed E-state index contributed by atoms with van der Waals surface area (Å²) in [5.41, 5.74) is -1.81. The largest absolute Gasteiger partial charge is 0.416 e. The molecule has 224 valence electrons. The Balaban J connectivity index is 1.48. The molecule has 0 radical (unpaired) electrons. The number of amidine groups is 1. The maximum atomic E-state index is 14.0. The molecule has 1 fully saturated rings. The van der Waals surface area contributed by atoms with Crippen LogP contribution in [0.3, 0.4) is 0 Å². The van der Waals surface area contributed by atoms with Gasteiger partial charge in [0.1, 0.15) is 0 Å². The Hall–Kier alpha value is -3.36. The number of alkyl halides is 6. The normalized spacial score (nSPS) is 18.2. The fourth-order valence-electron chi connectivity index (χ4n) is 4.93. The third kappa shape index (κ3) is 6.65. The number of thioether (sulfide) groups is 1. The van der Waals surface area contributed by atoms with Gasteiger partial charge in [-0.25, -0.2) is 0 Å². The number of aromatic nitrogens is 2. The number of ether oxygens (including phenoxy) is 1. The van der Waals surface area contributed by atoms with Crippen LogP contribution in [0.5, 0.6) is 0 Å². The van der Waals surface area contributed by atoms with Gasteiger partial charge in [0.2, 0.25) is 0 Å². The molecule has 0 atom stereocenters. The first kappa shape index (κ1) is 30.1. The minimum Gasteiger partial charge on any atom is -0.380 e. The summed E-state index contributed by atoms with van der Waals surface area (Å²) in [5, 5.41) is 7.88. The SMILES string of the molecule is CCOCCN1CCN(C2=NC(=O)C(=C(Cc3ccc(C(F)(F)F)cc3C(F)(F)F)c3ccc4[nH]ncc4c3)S2)CC1. The van der Waals surface area contributed by atoms with Gasteiger partial charge in [0.25, 0.3) is 5.91 Å². The highest BCUT2D eigenvalue weighted by Gasteiger charge is 2.39. The molecule has 42 heavy (non-hydrogen) atoms. The van der Waals surface area contributed by atoms with Crippen molar-refractivity contribution >= 4 is 39.3 Å². The molecule has 0 aliphatic carbocycles. The molecule has 1 N–H and O–H groups in total. The van der Waals surface area contributed by atoms with Gasteiger partial charge in [-0.1, -0.05) is 12.1 Å². The van der Waals surface area contributed by atoms with Gasteiger partial charge in [-0.15, -0.1) is 0 Å². The van der Waals surface area contributed by atoms with E-state index in [1.807, 2.05) is 11.8 Å². The van der Waals surface area contributed by atoms with Crippen molar-refractivity contribution in [3.05, 3.63) is 69.8 Å². The first-order chi connectivity index (χ1) is 19.9. The highest BCUT2D eigenvalue weighted by atomic mass is 32.2. The molecule has 0 bridgehead atoms. The summed E-state index contributed by atoms with van der Waals surface area (Å²) in [6, 6.07) is 6.58. The number of aliphatic imine (C=N–C) groups is 1. The lowest BCUT2D eigenvalue weighted by Gasteiger charge is -2.35. The highest BCUT2D eigenvalue weighted by molar-refractivity contribution is 8.18. The Morgan fingerprint density at radius 1 is 1.02 bits per heavy atom. The number of nitrogens with one attached hydrogen (secondary N) is 1. The standard InChI is InChI=1S/C28H27F6N5O2S/c1-2-41-12-11-38-7-9-39(10-8-38)26-36-25(40)24(42-26)21(17-4-6-23-19(13-17)16-35-37-23)14-18-3-5-20(27(29,30)31)15-22(18)28(32,33)34/h3-6,13,15-16H,2,7-12,14H2,1H3,(H,35,37). The summed E-state index contributed by atoms with van der Waals surface area (Å²) in [6.07, 6.45) is -8.88. The average molecular weight is 612 g/mol. The number of allylic oxidation sites excluding steroid dienone is 1. The first-order valence-electron chi connectivity index (χ1n) is 13.2. The molecule has 7 nitrogen and oxygen atoms in total. The van der Waals surface area contributed by atoms with E-state index in [4.69, 9.17) is 4.74 Å². The number of fused-ring (bicyclic) bond motifs is 1. The second-order valence-electron chi connectivity index (χ2n) is 9.85. The van der Waals surface area contributed by atoms with E-state index < -0.39 is 35.8 Å². The van der Waals surface area contributed by atoms with Gasteiger partial charge in [-0.05, 0) is 66.1 Å². The first-order valence-corrected chi connectivity index (χ1v) is 14.1. The second-order valence-corrected chi connectivity index (χ2v) is 10.8. The van der Waals surface area contributed by atoms with E-state index in [0.29, 0.717) is 54.0 Å². The van der Waals surface area contributed by atoms with Crippen LogP contribution in [0.4, 0.5) is 26.3 Å². The lowest BCUT2D eigenvalue weighted by atomic mass is 9.92. The number of H-pyrrole nitrogens is 1. The van der Waals surface area contributed by atoms with Crippen LogP contribution in [0.15, 0.2) is 52.5 Å². The number of benzene rings is 2. The van der Waals surface area contributed by atoms with Crippen molar-refractivity contribution in [2.75, 3.05) is 45.9 Å². The monoisotopic (exact) mass is 611 g/mol. The molecule has 0 unspecified atom stereocenters. The van der Waals surface area contributed by atoms with Gasteiger partial charge in [0.15, 0.2) is 5.17 Å². The molecule has 14 heteroatoms. The number of carbonyl (C=O) groups is 1. The topological polar surface area (TPSA) is 73.8 Å². The van der Waals surface area contributed by atoms with Crippen LogP contribution >= 0.6 is 11.8 Å². The van der Waals surface area contributed by atoms with Crippen molar-refractivity contribution < 1.29 is 35.9 Å². The van der Waals surface area contributed by atoms with E-state index in [2.05, 4.69) is 20.1 Å². The third-order valence-corrected chi connectivity index (χ3v) is 8.31. The number of amides is 1. The summed E-state index contributed by atoms with van der Waals surface area (Å²) in [6.45, 7) is 6.62. The zero-order valence-corrected chi connectivity index (χ0v) is 23.3. The highest BCUT2D eigenvalue weighted by Crippen LogP contribution is 2.42. The van der Waals surface area contributed by atoms with Gasteiger partial charge in [0.05, 0.1) is 34.4 Å². The summed E-state index contributed by atoms with van der Waals surface area (Å²) >= 11 is 1.08. The Bertz CT molecular complexity index is 1520. The summed E-state index contributed by atoms with van der Waals surface area (Å²) in [4.78, 5) is 21.8. The molecule has 2 aliphatic heterocycles. The summed E-state index contributed by atoms with van der Waals surface area (Å²) in [7, 11) is 0. The van der Waals surface area contributed by atoms with E-state index >= 15 is 0 Å². The molecule has 0 saturated carbocycles. The van der Waals surface area contributed by atoms with Crippen LogP contribution in [0.25, 0.3) is 16.5 Å². The van der Waals surface area contributed by atoms with E-state index in [0.717, 1.165) is 37.5 Å². The van der Waals surface area contributed by atoms with Crippen molar-refractivity contribution in [1.82, 2.24) is 20.0 Å². The number of hydrogen-bond acceptors (Lipinski definition) is 6. The zero-order chi connectivity index (χ0) is 30.1. The Morgan fingerprint density at radius 2 is 1.79 bits per heavy atom. The molecule has 2 aromatic carbocycles. The maximum Gasteiger partial charge on any atom is 0.416 e. The van der Waals surface area contributed by atoms with Gasteiger partial charge >= 0.3 is 12.4 Å². The lowest BCUT2D eigenvalue weighted by molar-refractivity contribution is -0.143.